The maximum atomic E-state index is 14.6. The van der Waals surface area contributed by atoms with Crippen LogP contribution in [0.4, 0.5) is 4.39 Å². The molecule has 164 valence electrons. The SMILES string of the molecule is O=C(O)CCn1ccc(/C=C2/CN(C(C(=O)C3CC3)c3ccccc3F)CCC2S)n1. The van der Waals surface area contributed by atoms with Gasteiger partial charge < -0.3 is 5.11 Å². The molecule has 8 heteroatoms. The summed E-state index contributed by atoms with van der Waals surface area (Å²) in [7, 11) is 0. The highest BCUT2D eigenvalue weighted by molar-refractivity contribution is 7.81. The first-order valence-electron chi connectivity index (χ1n) is 10.6. The van der Waals surface area contributed by atoms with Gasteiger partial charge in [-0.2, -0.15) is 17.7 Å². The third-order valence-corrected chi connectivity index (χ3v) is 6.46. The highest BCUT2D eigenvalue weighted by Gasteiger charge is 2.40. The van der Waals surface area contributed by atoms with Gasteiger partial charge in [0.15, 0.2) is 5.78 Å². The van der Waals surface area contributed by atoms with E-state index in [9.17, 15) is 14.0 Å². The first-order chi connectivity index (χ1) is 14.9. The molecule has 31 heavy (non-hydrogen) atoms. The molecule has 0 bridgehead atoms. The Kier molecular flexibility index (Phi) is 6.57. The number of halogens is 1. The Morgan fingerprint density at radius 1 is 1.26 bits per heavy atom. The van der Waals surface area contributed by atoms with Gasteiger partial charge in [-0.1, -0.05) is 18.2 Å². The maximum Gasteiger partial charge on any atom is 0.305 e. The number of nitrogens with zero attached hydrogens (tertiary/aromatic N) is 3. The number of ketones is 1. The van der Waals surface area contributed by atoms with E-state index in [4.69, 9.17) is 17.7 Å². The Morgan fingerprint density at radius 2 is 2.03 bits per heavy atom. The second kappa shape index (κ2) is 9.36. The number of thiol groups is 1. The molecule has 0 spiro atoms. The summed E-state index contributed by atoms with van der Waals surface area (Å²) < 4.78 is 16.2. The fourth-order valence-corrected chi connectivity index (χ4v) is 4.32. The third-order valence-electron chi connectivity index (χ3n) is 5.87. The number of rotatable bonds is 8. The standard InChI is InChI=1S/C23H26FN3O3S/c24-19-4-2-1-3-18(19)22(23(30)15-5-6-15)26-10-8-20(31)16(14-26)13-17-7-11-27(25-17)12-9-21(28)29/h1-4,7,11,13,15,20,22,31H,5-6,8-10,12,14H2,(H,28,29)/b16-13-. The zero-order valence-electron chi connectivity index (χ0n) is 17.2. The van der Waals surface area contributed by atoms with Crippen LogP contribution in [-0.4, -0.2) is 49.9 Å². The van der Waals surface area contributed by atoms with Crippen LogP contribution in [0.15, 0.2) is 42.1 Å². The van der Waals surface area contributed by atoms with Gasteiger partial charge in [-0.05, 0) is 43.0 Å². The molecule has 2 heterocycles. The van der Waals surface area contributed by atoms with Gasteiger partial charge in [-0.15, -0.1) is 0 Å². The van der Waals surface area contributed by atoms with Gasteiger partial charge in [-0.3, -0.25) is 19.2 Å². The van der Waals surface area contributed by atoms with Crippen LogP contribution in [0.25, 0.3) is 6.08 Å². The minimum atomic E-state index is -0.867. The van der Waals surface area contributed by atoms with Crippen molar-refractivity contribution >= 4 is 30.5 Å². The number of carboxylic acid groups (broad SMARTS) is 1. The van der Waals surface area contributed by atoms with E-state index in [-0.39, 0.29) is 29.2 Å². The molecule has 4 rings (SSSR count). The van der Waals surface area contributed by atoms with Gasteiger partial charge in [-0.25, -0.2) is 4.39 Å². The van der Waals surface area contributed by atoms with Crippen molar-refractivity contribution in [2.24, 2.45) is 5.92 Å². The summed E-state index contributed by atoms with van der Waals surface area (Å²) in [6, 6.07) is 7.78. The van der Waals surface area contributed by atoms with Gasteiger partial charge in [0.1, 0.15) is 5.82 Å². The largest absolute Gasteiger partial charge is 0.481 e. The quantitative estimate of drug-likeness (QED) is 0.610. The molecule has 1 aromatic heterocycles. The number of carbonyl (C=O) groups excluding carboxylic acids is 1. The van der Waals surface area contributed by atoms with Gasteiger partial charge in [0.05, 0.1) is 24.7 Å². The third kappa shape index (κ3) is 5.25. The number of likely N-dealkylation sites (tertiary alicyclic amines) is 1. The fraction of sp³-hybridized carbons (Fsp3) is 0.435. The monoisotopic (exact) mass is 443 g/mol. The molecule has 2 unspecified atom stereocenters. The van der Waals surface area contributed by atoms with Gasteiger partial charge in [0.2, 0.25) is 0 Å². The van der Waals surface area contributed by atoms with E-state index in [0.717, 1.165) is 30.5 Å². The van der Waals surface area contributed by atoms with E-state index in [1.807, 2.05) is 12.1 Å². The number of hydrogen-bond donors (Lipinski definition) is 2. The van der Waals surface area contributed by atoms with Gasteiger partial charge in [0.25, 0.3) is 0 Å². The number of Topliss-reactive ketones (excluding diaryl/α,β-unsaturated/α-hetero) is 1. The van der Waals surface area contributed by atoms with Crippen molar-refractivity contribution in [1.82, 2.24) is 14.7 Å². The minimum absolute atomic E-state index is 0.00819. The van der Waals surface area contributed by atoms with E-state index >= 15 is 0 Å². The molecule has 0 radical (unpaired) electrons. The summed E-state index contributed by atoms with van der Waals surface area (Å²) in [4.78, 5) is 25.9. The summed E-state index contributed by atoms with van der Waals surface area (Å²) in [6.45, 7) is 1.48. The molecule has 2 fully saturated rings. The van der Waals surface area contributed by atoms with Gasteiger partial charge >= 0.3 is 5.97 Å². The lowest BCUT2D eigenvalue weighted by Gasteiger charge is -2.37. The number of aryl methyl sites for hydroxylation is 1. The Hall–Kier alpha value is -2.45. The fourth-order valence-electron chi connectivity index (χ4n) is 4.05. The summed E-state index contributed by atoms with van der Waals surface area (Å²) >= 11 is 4.72. The zero-order chi connectivity index (χ0) is 22.0. The van der Waals surface area contributed by atoms with Crippen molar-refractivity contribution in [2.75, 3.05) is 13.1 Å². The summed E-state index contributed by atoms with van der Waals surface area (Å²) in [5.41, 5.74) is 2.18. The van der Waals surface area contributed by atoms with E-state index in [1.165, 1.54) is 6.07 Å². The van der Waals surface area contributed by atoms with Crippen LogP contribution in [-0.2, 0) is 16.1 Å². The smallest absolute Gasteiger partial charge is 0.305 e. The van der Waals surface area contributed by atoms with E-state index in [1.54, 1.807) is 29.1 Å². The van der Waals surface area contributed by atoms with Crippen molar-refractivity contribution < 1.29 is 19.1 Å². The number of piperidine rings is 1. The number of carbonyl (C=O) groups is 2. The number of aliphatic carboxylic acids is 1. The maximum absolute atomic E-state index is 14.6. The van der Waals surface area contributed by atoms with E-state index in [2.05, 4.69) is 10.00 Å². The summed E-state index contributed by atoms with van der Waals surface area (Å²) in [5, 5.41) is 13.3. The molecular formula is C23H26FN3O3S. The molecule has 1 aromatic carbocycles. The van der Waals surface area contributed by atoms with Crippen LogP contribution < -0.4 is 0 Å². The first-order valence-corrected chi connectivity index (χ1v) is 11.1. The molecule has 2 atom stereocenters. The summed E-state index contributed by atoms with van der Waals surface area (Å²) in [6.07, 6.45) is 6.21. The molecule has 1 saturated heterocycles. The van der Waals surface area contributed by atoms with Crippen LogP contribution in [0.5, 0.6) is 0 Å². The Bertz CT molecular complexity index is 1000. The number of aromatic nitrogens is 2. The predicted molar refractivity (Wildman–Crippen MR) is 118 cm³/mol. The molecular weight excluding hydrogens is 417 g/mol. The predicted octanol–water partition coefficient (Wildman–Crippen LogP) is 3.60. The topological polar surface area (TPSA) is 75.4 Å². The van der Waals surface area contributed by atoms with Crippen molar-refractivity contribution in [1.29, 1.82) is 0 Å². The minimum Gasteiger partial charge on any atom is -0.481 e. The Labute approximate surface area is 186 Å². The Morgan fingerprint density at radius 3 is 2.74 bits per heavy atom. The first kappa shape index (κ1) is 21.8. The van der Waals surface area contributed by atoms with Crippen LogP contribution in [0.1, 0.15) is 43.0 Å². The highest BCUT2D eigenvalue weighted by Crippen LogP contribution is 2.39. The lowest BCUT2D eigenvalue weighted by atomic mass is 9.93. The average molecular weight is 444 g/mol. The lowest BCUT2D eigenvalue weighted by Crippen LogP contribution is -2.42. The van der Waals surface area contributed by atoms with E-state index < -0.39 is 12.0 Å². The molecule has 6 nitrogen and oxygen atoms in total. The summed E-state index contributed by atoms with van der Waals surface area (Å²) in [5.74, 6) is -1.10. The van der Waals surface area contributed by atoms with Crippen molar-refractivity contribution in [2.45, 2.75) is 43.5 Å². The second-order valence-corrected chi connectivity index (χ2v) is 8.87. The number of benzene rings is 1. The van der Waals surface area contributed by atoms with Crippen LogP contribution in [0, 0.1) is 11.7 Å². The van der Waals surface area contributed by atoms with E-state index in [0.29, 0.717) is 25.2 Å². The normalized spacial score (nSPS) is 21.9. The molecule has 1 aliphatic carbocycles. The lowest BCUT2D eigenvalue weighted by molar-refractivity contribution is -0.137. The average Bonchev–Trinajstić information content (AvgIpc) is 3.50. The van der Waals surface area contributed by atoms with Crippen LogP contribution >= 0.6 is 12.6 Å². The molecule has 1 saturated carbocycles. The van der Waals surface area contributed by atoms with Crippen LogP contribution in [0.2, 0.25) is 0 Å². The Balaban J connectivity index is 1.56. The highest BCUT2D eigenvalue weighted by atomic mass is 32.1. The van der Waals surface area contributed by atoms with Crippen LogP contribution in [0.3, 0.4) is 0 Å². The zero-order valence-corrected chi connectivity index (χ0v) is 18.0. The molecule has 0 amide bonds. The molecule has 2 aromatic rings. The number of carboxylic acids is 1. The molecule has 2 aliphatic rings. The molecule has 1 aliphatic heterocycles. The van der Waals surface area contributed by atoms with Crippen molar-refractivity contribution in [3.05, 3.63) is 59.2 Å². The van der Waals surface area contributed by atoms with Gasteiger partial charge in [0, 0.05) is 36.0 Å². The van der Waals surface area contributed by atoms with Crippen molar-refractivity contribution in [3.63, 3.8) is 0 Å². The molecule has 1 N–H and O–H groups in total. The second-order valence-electron chi connectivity index (χ2n) is 8.24. The van der Waals surface area contributed by atoms with Crippen molar-refractivity contribution in [3.8, 4) is 0 Å². The number of hydrogen-bond acceptors (Lipinski definition) is 5.